The Kier molecular flexibility index (Phi) is 5.21. The van der Waals surface area contributed by atoms with Crippen LogP contribution in [0.5, 0.6) is 0 Å². The fourth-order valence-electron chi connectivity index (χ4n) is 1.69. The average Bonchev–Trinajstić information content (AvgIpc) is 2.53. The first-order chi connectivity index (χ1) is 7.53. The van der Waals surface area contributed by atoms with Crippen molar-refractivity contribution in [1.82, 2.24) is 10.6 Å². The number of amides is 1. The molecule has 0 aromatic rings. The number of unbranched alkanes of at least 4 members (excludes halogenated alkanes) is 1. The highest BCUT2D eigenvalue weighted by Gasteiger charge is 2.28. The minimum absolute atomic E-state index is 0.0910. The van der Waals surface area contributed by atoms with Crippen molar-refractivity contribution in [2.24, 2.45) is 0 Å². The summed E-state index contributed by atoms with van der Waals surface area (Å²) >= 11 is 0. The van der Waals surface area contributed by atoms with Gasteiger partial charge in [-0.05, 0) is 19.4 Å². The van der Waals surface area contributed by atoms with Gasteiger partial charge in [0.25, 0.3) is 0 Å². The Hall–Kier alpha value is -0.620. The van der Waals surface area contributed by atoms with E-state index in [2.05, 4.69) is 17.6 Å². The molecule has 0 aromatic heterocycles. The number of carbonyl (C=O) groups excluding carboxylic acids is 1. The van der Waals surface area contributed by atoms with Gasteiger partial charge in [-0.25, -0.2) is 8.42 Å². The third kappa shape index (κ3) is 4.94. The second-order valence-electron chi connectivity index (χ2n) is 4.20. The Morgan fingerprint density at radius 2 is 2.19 bits per heavy atom. The van der Waals surface area contributed by atoms with Crippen LogP contribution in [0.1, 0.15) is 26.2 Å². The molecule has 0 aromatic carbocycles. The maximum absolute atomic E-state index is 11.4. The van der Waals surface area contributed by atoms with Crippen molar-refractivity contribution in [3.8, 4) is 0 Å². The highest BCUT2D eigenvalue weighted by atomic mass is 32.2. The molecule has 0 radical (unpaired) electrons. The largest absolute Gasteiger partial charge is 0.351 e. The van der Waals surface area contributed by atoms with Gasteiger partial charge >= 0.3 is 0 Å². The molecule has 1 aliphatic heterocycles. The molecule has 16 heavy (non-hydrogen) atoms. The molecule has 1 rings (SSSR count). The molecule has 0 saturated carbocycles. The quantitative estimate of drug-likeness (QED) is 0.632. The fraction of sp³-hybridized carbons (Fsp3) is 0.900. The maximum atomic E-state index is 11.4. The van der Waals surface area contributed by atoms with Gasteiger partial charge < -0.3 is 10.6 Å². The lowest BCUT2D eigenvalue weighted by Crippen LogP contribution is -2.41. The van der Waals surface area contributed by atoms with Gasteiger partial charge in [-0.3, -0.25) is 4.79 Å². The van der Waals surface area contributed by atoms with Crippen molar-refractivity contribution in [2.45, 2.75) is 32.2 Å². The molecular formula is C10H20N2O3S. The summed E-state index contributed by atoms with van der Waals surface area (Å²) in [6, 6.07) is -0.189. The molecule has 0 bridgehead atoms. The lowest BCUT2D eigenvalue weighted by atomic mass is 10.2. The minimum Gasteiger partial charge on any atom is -0.351 e. The monoisotopic (exact) mass is 248 g/mol. The van der Waals surface area contributed by atoms with Crippen LogP contribution in [0.4, 0.5) is 0 Å². The number of nitrogens with one attached hydrogen (secondary N) is 2. The number of rotatable bonds is 6. The smallest absolute Gasteiger partial charge is 0.234 e. The summed E-state index contributed by atoms with van der Waals surface area (Å²) in [6.07, 6.45) is 2.68. The van der Waals surface area contributed by atoms with E-state index in [1.165, 1.54) is 0 Å². The van der Waals surface area contributed by atoms with Gasteiger partial charge in [0.1, 0.15) is 0 Å². The zero-order valence-electron chi connectivity index (χ0n) is 9.66. The molecule has 6 heteroatoms. The molecule has 0 spiro atoms. The Morgan fingerprint density at radius 3 is 2.75 bits per heavy atom. The van der Waals surface area contributed by atoms with E-state index >= 15 is 0 Å². The molecule has 2 N–H and O–H groups in total. The Bertz CT molecular complexity index is 327. The molecule has 1 atom stereocenters. The normalized spacial score (nSPS) is 23.2. The van der Waals surface area contributed by atoms with Crippen LogP contribution in [-0.4, -0.2) is 45.0 Å². The van der Waals surface area contributed by atoms with E-state index in [4.69, 9.17) is 0 Å². The maximum Gasteiger partial charge on any atom is 0.234 e. The number of hydrogen-bond donors (Lipinski definition) is 2. The zero-order chi connectivity index (χ0) is 12.0. The van der Waals surface area contributed by atoms with Gasteiger partial charge in [0.05, 0.1) is 18.1 Å². The standard InChI is InChI=1S/C10H20N2O3S/c1-2-3-5-11-7-10(13)12-9-4-6-16(14,15)8-9/h9,11H,2-8H2,1H3,(H,12,13). The van der Waals surface area contributed by atoms with Crippen molar-refractivity contribution in [1.29, 1.82) is 0 Å². The fourth-order valence-corrected chi connectivity index (χ4v) is 3.36. The average molecular weight is 248 g/mol. The molecular weight excluding hydrogens is 228 g/mol. The van der Waals surface area contributed by atoms with E-state index in [9.17, 15) is 13.2 Å². The van der Waals surface area contributed by atoms with E-state index < -0.39 is 9.84 Å². The summed E-state index contributed by atoms with van der Waals surface area (Å²) in [5.74, 6) is 0.174. The second kappa shape index (κ2) is 6.20. The topological polar surface area (TPSA) is 75.3 Å². The highest BCUT2D eigenvalue weighted by Crippen LogP contribution is 2.10. The van der Waals surface area contributed by atoms with Gasteiger partial charge in [-0.15, -0.1) is 0 Å². The van der Waals surface area contributed by atoms with Crippen molar-refractivity contribution in [3.05, 3.63) is 0 Å². The molecule has 1 saturated heterocycles. The van der Waals surface area contributed by atoms with E-state index in [1.807, 2.05) is 0 Å². The lowest BCUT2D eigenvalue weighted by Gasteiger charge is -2.11. The van der Waals surface area contributed by atoms with Gasteiger partial charge in [-0.1, -0.05) is 13.3 Å². The minimum atomic E-state index is -2.91. The van der Waals surface area contributed by atoms with E-state index in [1.54, 1.807) is 0 Å². The summed E-state index contributed by atoms with van der Waals surface area (Å²) in [5.41, 5.74) is 0. The van der Waals surface area contributed by atoms with E-state index in [0.29, 0.717) is 6.42 Å². The molecule has 1 unspecified atom stereocenters. The Morgan fingerprint density at radius 1 is 1.44 bits per heavy atom. The van der Waals surface area contributed by atoms with Crippen LogP contribution in [0, 0.1) is 0 Å². The van der Waals surface area contributed by atoms with Crippen LogP contribution in [0.3, 0.4) is 0 Å². The first-order valence-electron chi connectivity index (χ1n) is 5.74. The summed E-state index contributed by atoms with van der Waals surface area (Å²) in [4.78, 5) is 11.4. The van der Waals surface area contributed by atoms with Crippen molar-refractivity contribution in [2.75, 3.05) is 24.6 Å². The SMILES string of the molecule is CCCCNCC(=O)NC1CCS(=O)(=O)C1. The van der Waals surface area contributed by atoms with Crippen LogP contribution in [0.15, 0.2) is 0 Å². The van der Waals surface area contributed by atoms with Crippen molar-refractivity contribution < 1.29 is 13.2 Å². The summed E-state index contributed by atoms with van der Waals surface area (Å²) < 4.78 is 22.3. The summed E-state index contributed by atoms with van der Waals surface area (Å²) in [7, 11) is -2.91. The summed E-state index contributed by atoms with van der Waals surface area (Å²) in [5, 5.41) is 5.75. The molecule has 5 nitrogen and oxygen atoms in total. The van der Waals surface area contributed by atoms with Crippen LogP contribution < -0.4 is 10.6 Å². The molecule has 1 amide bonds. The van der Waals surface area contributed by atoms with Gasteiger partial charge in [-0.2, -0.15) is 0 Å². The number of carbonyl (C=O) groups is 1. The van der Waals surface area contributed by atoms with Crippen LogP contribution >= 0.6 is 0 Å². The number of sulfone groups is 1. The second-order valence-corrected chi connectivity index (χ2v) is 6.43. The lowest BCUT2D eigenvalue weighted by molar-refractivity contribution is -0.120. The van der Waals surface area contributed by atoms with E-state index in [-0.39, 0.29) is 30.0 Å². The Labute approximate surface area is 96.9 Å². The molecule has 1 aliphatic rings. The predicted octanol–water partition coefficient (Wildman–Crippen LogP) is -0.321. The first-order valence-corrected chi connectivity index (χ1v) is 7.56. The molecule has 0 aliphatic carbocycles. The van der Waals surface area contributed by atoms with Crippen molar-refractivity contribution >= 4 is 15.7 Å². The summed E-state index contributed by atoms with van der Waals surface area (Å²) in [6.45, 7) is 3.19. The van der Waals surface area contributed by atoms with Crippen LogP contribution in [0.2, 0.25) is 0 Å². The molecule has 1 heterocycles. The highest BCUT2D eigenvalue weighted by molar-refractivity contribution is 7.91. The third-order valence-corrected chi connectivity index (χ3v) is 4.36. The first kappa shape index (κ1) is 13.4. The zero-order valence-corrected chi connectivity index (χ0v) is 10.5. The van der Waals surface area contributed by atoms with Crippen LogP contribution in [-0.2, 0) is 14.6 Å². The van der Waals surface area contributed by atoms with Gasteiger partial charge in [0.2, 0.25) is 5.91 Å². The van der Waals surface area contributed by atoms with Crippen LogP contribution in [0.25, 0.3) is 0 Å². The molecule has 1 fully saturated rings. The van der Waals surface area contributed by atoms with Crippen molar-refractivity contribution in [3.63, 3.8) is 0 Å². The van der Waals surface area contributed by atoms with E-state index in [0.717, 1.165) is 19.4 Å². The molecule has 94 valence electrons. The Balaban J connectivity index is 2.15. The van der Waals surface area contributed by atoms with Gasteiger partial charge in [0.15, 0.2) is 9.84 Å². The number of hydrogen-bond acceptors (Lipinski definition) is 4. The third-order valence-electron chi connectivity index (χ3n) is 2.59. The van der Waals surface area contributed by atoms with Gasteiger partial charge in [0, 0.05) is 6.04 Å². The predicted molar refractivity (Wildman–Crippen MR) is 63.0 cm³/mol.